The molecule has 1 atom stereocenters. The van der Waals surface area contributed by atoms with Crippen LogP contribution in [-0.2, 0) is 7.05 Å². The molecular formula is C17H17N3O2S. The maximum absolute atomic E-state index is 12.5. The van der Waals surface area contributed by atoms with Gasteiger partial charge in [-0.25, -0.2) is 4.98 Å². The monoisotopic (exact) mass is 327 g/mol. The Balaban J connectivity index is 1.93. The van der Waals surface area contributed by atoms with Crippen LogP contribution in [0.1, 0.15) is 27.8 Å². The van der Waals surface area contributed by atoms with E-state index in [0.717, 1.165) is 17.1 Å². The molecule has 2 aromatic heterocycles. The maximum atomic E-state index is 12.5. The van der Waals surface area contributed by atoms with Crippen molar-refractivity contribution < 1.29 is 9.53 Å². The van der Waals surface area contributed by atoms with Crippen LogP contribution in [-0.4, -0.2) is 22.6 Å². The second-order valence-corrected chi connectivity index (χ2v) is 5.87. The minimum absolute atomic E-state index is 0.116. The third-order valence-electron chi connectivity index (χ3n) is 3.62. The number of carbonyl (C=O) groups excluding carboxylic acids is 1. The summed E-state index contributed by atoms with van der Waals surface area (Å²) in [6.45, 7) is 0. The zero-order valence-corrected chi connectivity index (χ0v) is 13.7. The summed E-state index contributed by atoms with van der Waals surface area (Å²) in [4.78, 5) is 16.8. The number of nitrogens with zero attached hydrogens (tertiary/aromatic N) is 2. The van der Waals surface area contributed by atoms with E-state index in [9.17, 15) is 4.79 Å². The van der Waals surface area contributed by atoms with Crippen LogP contribution >= 0.6 is 11.3 Å². The Labute approximate surface area is 138 Å². The van der Waals surface area contributed by atoms with Crippen LogP contribution in [0.15, 0.2) is 53.5 Å². The molecule has 1 aromatic carbocycles. The van der Waals surface area contributed by atoms with E-state index in [4.69, 9.17) is 4.74 Å². The average molecular weight is 327 g/mol. The molecule has 0 saturated heterocycles. The van der Waals surface area contributed by atoms with Gasteiger partial charge in [-0.05, 0) is 29.1 Å². The predicted molar refractivity (Wildman–Crippen MR) is 89.8 cm³/mol. The lowest BCUT2D eigenvalue weighted by atomic mass is 10.1. The first kappa shape index (κ1) is 15.3. The van der Waals surface area contributed by atoms with Gasteiger partial charge >= 0.3 is 0 Å². The summed E-state index contributed by atoms with van der Waals surface area (Å²) >= 11 is 1.50. The molecule has 0 saturated carbocycles. The summed E-state index contributed by atoms with van der Waals surface area (Å²) in [6.07, 6.45) is 3.59. The summed E-state index contributed by atoms with van der Waals surface area (Å²) in [5.41, 5.74) is 1.60. The van der Waals surface area contributed by atoms with Crippen molar-refractivity contribution in [3.8, 4) is 5.75 Å². The predicted octanol–water partition coefficient (Wildman–Crippen LogP) is 3.01. The normalized spacial score (nSPS) is 11.9. The van der Waals surface area contributed by atoms with Crippen LogP contribution in [0, 0.1) is 0 Å². The smallest absolute Gasteiger partial charge is 0.252 e. The Hall–Kier alpha value is -2.60. The second kappa shape index (κ2) is 6.66. The number of hydrogen-bond donors (Lipinski definition) is 1. The van der Waals surface area contributed by atoms with Gasteiger partial charge in [0.15, 0.2) is 0 Å². The zero-order valence-electron chi connectivity index (χ0n) is 12.9. The van der Waals surface area contributed by atoms with Gasteiger partial charge in [-0.2, -0.15) is 11.3 Å². The van der Waals surface area contributed by atoms with Gasteiger partial charge in [0.05, 0.1) is 12.7 Å². The van der Waals surface area contributed by atoms with E-state index in [1.54, 1.807) is 13.3 Å². The van der Waals surface area contributed by atoms with Crippen molar-refractivity contribution in [2.24, 2.45) is 7.05 Å². The van der Waals surface area contributed by atoms with Crippen molar-refractivity contribution in [3.05, 3.63) is 70.4 Å². The highest BCUT2D eigenvalue weighted by atomic mass is 32.1. The lowest BCUT2D eigenvalue weighted by Crippen LogP contribution is -2.30. The molecule has 0 spiro atoms. The summed E-state index contributed by atoms with van der Waals surface area (Å²) in [6, 6.07) is 9.11. The van der Waals surface area contributed by atoms with Gasteiger partial charge in [0.1, 0.15) is 17.6 Å². The van der Waals surface area contributed by atoms with Crippen molar-refractivity contribution in [1.29, 1.82) is 0 Å². The molecular weight excluding hydrogens is 310 g/mol. The van der Waals surface area contributed by atoms with Gasteiger partial charge in [0.25, 0.3) is 5.91 Å². The Kier molecular flexibility index (Phi) is 4.43. The lowest BCUT2D eigenvalue weighted by molar-refractivity contribution is 0.0941. The van der Waals surface area contributed by atoms with Crippen LogP contribution in [0.2, 0.25) is 0 Å². The Bertz CT molecular complexity index is 779. The quantitative estimate of drug-likeness (QED) is 0.784. The molecule has 1 N–H and O–H groups in total. The fourth-order valence-corrected chi connectivity index (χ4v) is 2.99. The number of carbonyl (C=O) groups is 1. The minimum atomic E-state index is -0.326. The van der Waals surface area contributed by atoms with E-state index in [-0.39, 0.29) is 11.9 Å². The molecule has 0 radical (unpaired) electrons. The number of hydrogen-bond acceptors (Lipinski definition) is 4. The van der Waals surface area contributed by atoms with Gasteiger partial charge in [0, 0.05) is 24.8 Å². The molecule has 118 valence electrons. The zero-order chi connectivity index (χ0) is 16.2. The highest BCUT2D eigenvalue weighted by Gasteiger charge is 2.21. The number of thiophene rings is 1. The van der Waals surface area contributed by atoms with Crippen molar-refractivity contribution in [2.45, 2.75) is 6.04 Å². The first-order chi connectivity index (χ1) is 11.2. The molecule has 0 fully saturated rings. The fourth-order valence-electron chi connectivity index (χ4n) is 2.36. The van der Waals surface area contributed by atoms with Gasteiger partial charge < -0.3 is 14.6 Å². The molecule has 3 aromatic rings. The van der Waals surface area contributed by atoms with Gasteiger partial charge in [-0.3, -0.25) is 4.79 Å². The molecule has 2 heterocycles. The van der Waals surface area contributed by atoms with E-state index < -0.39 is 0 Å². The number of amides is 1. The van der Waals surface area contributed by atoms with Gasteiger partial charge in [0.2, 0.25) is 0 Å². The van der Waals surface area contributed by atoms with Gasteiger partial charge in [-0.1, -0.05) is 12.1 Å². The molecule has 3 rings (SSSR count). The van der Waals surface area contributed by atoms with Crippen molar-refractivity contribution in [2.75, 3.05) is 7.11 Å². The van der Waals surface area contributed by atoms with Crippen molar-refractivity contribution in [3.63, 3.8) is 0 Å². The molecule has 0 aliphatic carbocycles. The third kappa shape index (κ3) is 3.27. The van der Waals surface area contributed by atoms with Crippen LogP contribution in [0.3, 0.4) is 0 Å². The third-order valence-corrected chi connectivity index (χ3v) is 4.31. The van der Waals surface area contributed by atoms with Crippen LogP contribution in [0.5, 0.6) is 5.75 Å². The maximum Gasteiger partial charge on any atom is 0.252 e. The van der Waals surface area contributed by atoms with Crippen molar-refractivity contribution in [1.82, 2.24) is 14.9 Å². The summed E-state index contributed by atoms with van der Waals surface area (Å²) in [5, 5.41) is 6.78. The summed E-state index contributed by atoms with van der Waals surface area (Å²) < 4.78 is 7.10. The number of ether oxygens (including phenoxy) is 1. The molecule has 0 aliphatic rings. The van der Waals surface area contributed by atoms with E-state index >= 15 is 0 Å². The topological polar surface area (TPSA) is 56.1 Å². The van der Waals surface area contributed by atoms with Gasteiger partial charge in [-0.15, -0.1) is 0 Å². The molecule has 0 unspecified atom stereocenters. The van der Waals surface area contributed by atoms with E-state index in [1.165, 1.54) is 11.3 Å². The van der Waals surface area contributed by atoms with Crippen molar-refractivity contribution >= 4 is 17.2 Å². The Morgan fingerprint density at radius 3 is 2.65 bits per heavy atom. The van der Waals surface area contributed by atoms with E-state index in [1.807, 2.05) is 58.9 Å². The molecule has 5 nitrogen and oxygen atoms in total. The summed E-state index contributed by atoms with van der Waals surface area (Å²) in [5.74, 6) is 1.44. The second-order valence-electron chi connectivity index (χ2n) is 5.09. The highest BCUT2D eigenvalue weighted by molar-refractivity contribution is 7.08. The lowest BCUT2D eigenvalue weighted by Gasteiger charge is -2.19. The number of benzene rings is 1. The summed E-state index contributed by atoms with van der Waals surface area (Å²) in [7, 11) is 3.54. The SMILES string of the molecule is COc1ccc([C@H](NC(=O)c2ccsc2)c2nccn2C)cc1. The number of methoxy groups -OCH3 is 1. The number of aromatic nitrogens is 2. The number of rotatable bonds is 5. The molecule has 6 heteroatoms. The highest BCUT2D eigenvalue weighted by Crippen LogP contribution is 2.23. The van der Waals surface area contributed by atoms with Crippen LogP contribution in [0.25, 0.3) is 0 Å². The Morgan fingerprint density at radius 1 is 1.30 bits per heavy atom. The average Bonchev–Trinajstić information content (AvgIpc) is 3.24. The fraction of sp³-hybridized carbons (Fsp3) is 0.176. The van der Waals surface area contributed by atoms with Crippen LogP contribution in [0.4, 0.5) is 0 Å². The Morgan fingerprint density at radius 2 is 2.09 bits per heavy atom. The molecule has 0 aliphatic heterocycles. The number of imidazole rings is 1. The number of aryl methyl sites for hydroxylation is 1. The van der Waals surface area contributed by atoms with E-state index in [2.05, 4.69) is 10.3 Å². The van der Waals surface area contributed by atoms with Crippen LogP contribution < -0.4 is 10.1 Å². The molecule has 0 bridgehead atoms. The standard InChI is InChI=1S/C17H17N3O2S/c1-20-9-8-18-16(20)15(12-3-5-14(22-2)6-4-12)19-17(21)13-7-10-23-11-13/h3-11,15H,1-2H3,(H,19,21)/t15-/m0/s1. The molecule has 1 amide bonds. The first-order valence-corrected chi connectivity index (χ1v) is 8.07. The largest absolute Gasteiger partial charge is 0.497 e. The van der Waals surface area contributed by atoms with E-state index in [0.29, 0.717) is 5.56 Å². The first-order valence-electron chi connectivity index (χ1n) is 7.13. The minimum Gasteiger partial charge on any atom is -0.497 e. The molecule has 23 heavy (non-hydrogen) atoms. The number of nitrogens with one attached hydrogen (secondary N) is 1.